The Labute approximate surface area is 119 Å². The highest BCUT2D eigenvalue weighted by Crippen LogP contribution is 2.29. The Kier molecular flexibility index (Phi) is 3.96. The van der Waals surface area contributed by atoms with E-state index in [-0.39, 0.29) is 6.04 Å². The third kappa shape index (κ3) is 2.99. The summed E-state index contributed by atoms with van der Waals surface area (Å²) in [5, 5.41) is 0.739. The number of pyridine rings is 1. The number of benzene rings is 1. The largest absolute Gasteiger partial charge is 0.396 e. The van der Waals surface area contributed by atoms with Gasteiger partial charge in [0.2, 0.25) is 0 Å². The predicted molar refractivity (Wildman–Crippen MR) is 81.7 cm³/mol. The highest BCUT2D eigenvalue weighted by Gasteiger charge is 2.15. The molecule has 19 heavy (non-hydrogen) atoms. The summed E-state index contributed by atoms with van der Waals surface area (Å²) in [6, 6.07) is 9.93. The fraction of sp³-hybridized carbons (Fsp3) is 0.267. The Morgan fingerprint density at radius 3 is 2.68 bits per heavy atom. The Morgan fingerprint density at radius 1 is 1.32 bits per heavy atom. The molecule has 1 atom stereocenters. The van der Waals surface area contributed by atoms with E-state index >= 15 is 0 Å². The summed E-state index contributed by atoms with van der Waals surface area (Å²) < 4.78 is 0. The molecule has 3 nitrogen and oxygen atoms in total. The molecule has 4 heteroatoms. The molecule has 100 valence electrons. The van der Waals surface area contributed by atoms with Crippen molar-refractivity contribution in [3.8, 4) is 0 Å². The van der Waals surface area contributed by atoms with Gasteiger partial charge >= 0.3 is 0 Å². The summed E-state index contributed by atoms with van der Waals surface area (Å²) in [5.74, 6) is 0.790. The van der Waals surface area contributed by atoms with Crippen LogP contribution >= 0.6 is 11.6 Å². The molecule has 1 aromatic heterocycles. The molecule has 0 saturated heterocycles. The second-order valence-corrected chi connectivity index (χ2v) is 5.20. The molecule has 0 fully saturated rings. The molecule has 0 bridgehead atoms. The minimum atomic E-state index is 0.149. The van der Waals surface area contributed by atoms with Gasteiger partial charge in [0.1, 0.15) is 0 Å². The maximum absolute atomic E-state index is 6.04. The Hall–Kier alpha value is -1.74. The highest BCUT2D eigenvalue weighted by molar-refractivity contribution is 6.30. The smallest absolute Gasteiger partial charge is 0.152 e. The molecule has 0 aliphatic heterocycles. The zero-order chi connectivity index (χ0) is 14.0. The second kappa shape index (κ2) is 5.49. The van der Waals surface area contributed by atoms with Crippen LogP contribution in [0.2, 0.25) is 5.02 Å². The van der Waals surface area contributed by atoms with Gasteiger partial charge in [-0.25, -0.2) is 4.98 Å². The van der Waals surface area contributed by atoms with Crippen molar-refractivity contribution < 1.29 is 0 Å². The summed E-state index contributed by atoms with van der Waals surface area (Å²) in [5.41, 5.74) is 8.93. The van der Waals surface area contributed by atoms with Crippen LogP contribution in [-0.2, 0) is 0 Å². The van der Waals surface area contributed by atoms with Gasteiger partial charge in [-0.15, -0.1) is 0 Å². The van der Waals surface area contributed by atoms with Crippen LogP contribution in [0.1, 0.15) is 24.1 Å². The fourth-order valence-electron chi connectivity index (χ4n) is 2.05. The zero-order valence-electron chi connectivity index (χ0n) is 11.4. The lowest BCUT2D eigenvalue weighted by Crippen LogP contribution is -2.23. The minimum absolute atomic E-state index is 0.149. The van der Waals surface area contributed by atoms with Crippen molar-refractivity contribution >= 4 is 23.1 Å². The molecule has 1 unspecified atom stereocenters. The van der Waals surface area contributed by atoms with Gasteiger partial charge in [-0.2, -0.15) is 0 Å². The lowest BCUT2D eigenvalue weighted by molar-refractivity contribution is 0.730. The lowest BCUT2D eigenvalue weighted by atomic mass is 10.1. The molecule has 2 rings (SSSR count). The van der Waals surface area contributed by atoms with E-state index < -0.39 is 0 Å². The van der Waals surface area contributed by atoms with Crippen LogP contribution in [0.25, 0.3) is 0 Å². The average molecular weight is 276 g/mol. The Bertz CT molecular complexity index is 583. The number of hydrogen-bond donors (Lipinski definition) is 1. The number of hydrogen-bond acceptors (Lipinski definition) is 3. The van der Waals surface area contributed by atoms with Crippen LogP contribution in [0, 0.1) is 6.92 Å². The summed E-state index contributed by atoms with van der Waals surface area (Å²) in [7, 11) is 1.99. The SMILES string of the molecule is Cc1cnc(N(C)C(C)c2cccc(Cl)c2)c(N)c1. The predicted octanol–water partition coefficient (Wildman–Crippen LogP) is 3.82. The van der Waals surface area contributed by atoms with Gasteiger partial charge in [-0.1, -0.05) is 23.7 Å². The van der Waals surface area contributed by atoms with Crippen LogP contribution in [0.5, 0.6) is 0 Å². The number of anilines is 2. The van der Waals surface area contributed by atoms with E-state index in [2.05, 4.69) is 22.9 Å². The highest BCUT2D eigenvalue weighted by atomic mass is 35.5. The number of aromatic nitrogens is 1. The number of aryl methyl sites for hydroxylation is 1. The number of nitrogen functional groups attached to an aromatic ring is 1. The number of rotatable bonds is 3. The van der Waals surface area contributed by atoms with E-state index in [0.29, 0.717) is 5.69 Å². The number of nitrogens with two attached hydrogens (primary N) is 1. The van der Waals surface area contributed by atoms with Crippen LogP contribution in [0.15, 0.2) is 36.5 Å². The molecule has 0 aliphatic rings. The average Bonchev–Trinajstić information content (AvgIpc) is 2.37. The van der Waals surface area contributed by atoms with Crippen LogP contribution in [0.3, 0.4) is 0 Å². The van der Waals surface area contributed by atoms with Gasteiger partial charge in [-0.05, 0) is 43.2 Å². The molecule has 0 aliphatic carbocycles. The van der Waals surface area contributed by atoms with Crippen molar-refractivity contribution in [2.24, 2.45) is 0 Å². The van der Waals surface area contributed by atoms with Gasteiger partial charge in [0.15, 0.2) is 5.82 Å². The number of halogens is 1. The van der Waals surface area contributed by atoms with Crippen molar-refractivity contribution in [2.45, 2.75) is 19.9 Å². The van der Waals surface area contributed by atoms with Crippen molar-refractivity contribution in [3.05, 3.63) is 52.7 Å². The Morgan fingerprint density at radius 2 is 2.05 bits per heavy atom. The first-order chi connectivity index (χ1) is 8.99. The molecule has 0 radical (unpaired) electrons. The van der Waals surface area contributed by atoms with Crippen molar-refractivity contribution in [2.75, 3.05) is 17.7 Å². The maximum atomic E-state index is 6.04. The normalized spacial score (nSPS) is 12.2. The van der Waals surface area contributed by atoms with E-state index in [9.17, 15) is 0 Å². The zero-order valence-corrected chi connectivity index (χ0v) is 12.1. The van der Waals surface area contributed by atoms with Gasteiger partial charge < -0.3 is 10.6 Å². The van der Waals surface area contributed by atoms with Gasteiger partial charge in [0.25, 0.3) is 0 Å². The first-order valence-electron chi connectivity index (χ1n) is 6.19. The van der Waals surface area contributed by atoms with Gasteiger partial charge in [0, 0.05) is 18.3 Å². The Balaban J connectivity index is 2.30. The van der Waals surface area contributed by atoms with E-state index in [1.165, 1.54) is 0 Å². The molecule has 0 spiro atoms. The minimum Gasteiger partial charge on any atom is -0.396 e. The first kappa shape index (κ1) is 13.7. The molecular weight excluding hydrogens is 258 g/mol. The second-order valence-electron chi connectivity index (χ2n) is 4.77. The standard InChI is InChI=1S/C15H18ClN3/c1-10-7-14(17)15(18-9-10)19(3)11(2)12-5-4-6-13(16)8-12/h4-9,11H,17H2,1-3H3. The topological polar surface area (TPSA) is 42.2 Å². The van der Waals surface area contributed by atoms with Crippen LogP contribution in [0.4, 0.5) is 11.5 Å². The molecule has 1 heterocycles. The molecular formula is C15H18ClN3. The van der Waals surface area contributed by atoms with E-state index in [4.69, 9.17) is 17.3 Å². The first-order valence-corrected chi connectivity index (χ1v) is 6.57. The summed E-state index contributed by atoms with van der Waals surface area (Å²) >= 11 is 6.03. The molecule has 1 aromatic carbocycles. The van der Waals surface area contributed by atoms with E-state index in [0.717, 1.165) is 22.0 Å². The van der Waals surface area contributed by atoms with Crippen molar-refractivity contribution in [1.82, 2.24) is 4.98 Å². The summed E-state index contributed by atoms with van der Waals surface area (Å²) in [6.45, 7) is 4.08. The lowest BCUT2D eigenvalue weighted by Gasteiger charge is -2.27. The van der Waals surface area contributed by atoms with Gasteiger partial charge in [0.05, 0.1) is 11.7 Å². The quantitative estimate of drug-likeness (QED) is 0.926. The molecule has 2 N–H and O–H groups in total. The van der Waals surface area contributed by atoms with Crippen LogP contribution in [-0.4, -0.2) is 12.0 Å². The van der Waals surface area contributed by atoms with Crippen molar-refractivity contribution in [1.29, 1.82) is 0 Å². The van der Waals surface area contributed by atoms with Crippen molar-refractivity contribution in [3.63, 3.8) is 0 Å². The maximum Gasteiger partial charge on any atom is 0.152 e. The monoisotopic (exact) mass is 275 g/mol. The van der Waals surface area contributed by atoms with Crippen LogP contribution < -0.4 is 10.6 Å². The summed E-state index contributed by atoms with van der Waals surface area (Å²) in [6.07, 6.45) is 1.83. The third-order valence-corrected chi connectivity index (χ3v) is 3.51. The molecule has 0 saturated carbocycles. The number of nitrogens with zero attached hydrogens (tertiary/aromatic N) is 2. The third-order valence-electron chi connectivity index (χ3n) is 3.28. The summed E-state index contributed by atoms with van der Waals surface area (Å²) in [4.78, 5) is 6.47. The fourth-order valence-corrected chi connectivity index (χ4v) is 2.25. The molecule has 0 amide bonds. The van der Waals surface area contributed by atoms with E-state index in [1.807, 2.05) is 44.4 Å². The van der Waals surface area contributed by atoms with Gasteiger partial charge in [-0.3, -0.25) is 0 Å². The van der Waals surface area contributed by atoms with E-state index in [1.54, 1.807) is 0 Å². The molecule has 2 aromatic rings.